The maximum Gasteiger partial charge on any atom is 0.120 e. The van der Waals surface area contributed by atoms with Crippen LogP contribution in [-0.2, 0) is 4.74 Å². The normalized spacial score (nSPS) is 13.1. The molecule has 0 fully saturated rings. The molecule has 2 aromatic carbocycles. The van der Waals surface area contributed by atoms with Crippen LogP contribution in [-0.4, -0.2) is 0 Å². The fourth-order valence-electron chi connectivity index (χ4n) is 1.99. The quantitative estimate of drug-likeness (QED) is 0.663. The first-order chi connectivity index (χ1) is 9.31. The summed E-state index contributed by atoms with van der Waals surface area (Å²) in [5.74, 6) is 0. The van der Waals surface area contributed by atoms with Crippen LogP contribution in [0, 0.1) is 0 Å². The average Bonchev–Trinajstić information content (AvgIpc) is 2.49. The van der Waals surface area contributed by atoms with Gasteiger partial charge >= 0.3 is 0 Å². The Morgan fingerprint density at radius 1 is 1.00 bits per heavy atom. The van der Waals surface area contributed by atoms with E-state index < -0.39 is 0 Å². The minimum Gasteiger partial charge on any atom is -0.493 e. The zero-order valence-electron chi connectivity index (χ0n) is 11.5. The van der Waals surface area contributed by atoms with Crippen molar-refractivity contribution in [2.24, 2.45) is 0 Å². The van der Waals surface area contributed by atoms with Gasteiger partial charge < -0.3 is 4.74 Å². The topological polar surface area (TPSA) is 9.23 Å². The standard InChI is InChI=1S/C18H20O/c1-3-16(18-12-8-5-9-13-18)14-19-15(2)17-10-6-4-7-11-17/h4-15H,3H2,1-2H3. The molecule has 2 rings (SSSR count). The van der Waals surface area contributed by atoms with E-state index in [9.17, 15) is 0 Å². The molecule has 19 heavy (non-hydrogen) atoms. The van der Waals surface area contributed by atoms with Crippen molar-refractivity contribution in [3.63, 3.8) is 0 Å². The second-order valence-corrected chi connectivity index (χ2v) is 4.55. The van der Waals surface area contributed by atoms with E-state index in [0.717, 1.165) is 6.42 Å². The lowest BCUT2D eigenvalue weighted by Gasteiger charge is -2.13. The van der Waals surface area contributed by atoms with Crippen LogP contribution in [0.15, 0.2) is 66.9 Å². The molecule has 2 aromatic rings. The van der Waals surface area contributed by atoms with Crippen molar-refractivity contribution in [1.29, 1.82) is 0 Å². The van der Waals surface area contributed by atoms with Crippen molar-refractivity contribution >= 4 is 5.57 Å². The summed E-state index contributed by atoms with van der Waals surface area (Å²) in [5, 5.41) is 0. The van der Waals surface area contributed by atoms with E-state index in [4.69, 9.17) is 4.74 Å². The van der Waals surface area contributed by atoms with E-state index in [1.165, 1.54) is 16.7 Å². The van der Waals surface area contributed by atoms with Gasteiger partial charge in [0, 0.05) is 0 Å². The number of allylic oxidation sites excluding steroid dienone is 1. The van der Waals surface area contributed by atoms with E-state index in [2.05, 4.69) is 50.2 Å². The van der Waals surface area contributed by atoms with Gasteiger partial charge in [0.1, 0.15) is 6.10 Å². The summed E-state index contributed by atoms with van der Waals surface area (Å²) in [7, 11) is 0. The van der Waals surface area contributed by atoms with Gasteiger partial charge in [-0.05, 0) is 30.0 Å². The first-order valence-electron chi connectivity index (χ1n) is 6.76. The first-order valence-corrected chi connectivity index (χ1v) is 6.76. The lowest BCUT2D eigenvalue weighted by atomic mass is 10.1. The van der Waals surface area contributed by atoms with E-state index in [0.29, 0.717) is 0 Å². The van der Waals surface area contributed by atoms with Crippen LogP contribution in [0.3, 0.4) is 0 Å². The molecule has 1 unspecified atom stereocenters. The zero-order valence-corrected chi connectivity index (χ0v) is 11.5. The Labute approximate surface area is 115 Å². The average molecular weight is 252 g/mol. The highest BCUT2D eigenvalue weighted by Crippen LogP contribution is 2.22. The van der Waals surface area contributed by atoms with E-state index in [-0.39, 0.29) is 6.10 Å². The molecule has 0 aliphatic heterocycles. The predicted molar refractivity (Wildman–Crippen MR) is 80.7 cm³/mol. The second-order valence-electron chi connectivity index (χ2n) is 4.55. The summed E-state index contributed by atoms with van der Waals surface area (Å²) < 4.78 is 5.87. The number of hydrogen-bond donors (Lipinski definition) is 0. The maximum atomic E-state index is 5.87. The fraction of sp³-hybridized carbons (Fsp3) is 0.222. The number of rotatable bonds is 5. The van der Waals surface area contributed by atoms with Crippen LogP contribution in [0.4, 0.5) is 0 Å². The molecule has 0 saturated heterocycles. The second kappa shape index (κ2) is 6.79. The van der Waals surface area contributed by atoms with Crippen molar-refractivity contribution in [2.45, 2.75) is 26.4 Å². The third-order valence-corrected chi connectivity index (χ3v) is 3.21. The van der Waals surface area contributed by atoms with Gasteiger partial charge in [0.2, 0.25) is 0 Å². The molecule has 0 aromatic heterocycles. The highest BCUT2D eigenvalue weighted by Gasteiger charge is 2.05. The maximum absolute atomic E-state index is 5.87. The van der Waals surface area contributed by atoms with Crippen LogP contribution in [0.25, 0.3) is 5.57 Å². The highest BCUT2D eigenvalue weighted by atomic mass is 16.5. The predicted octanol–water partition coefficient (Wildman–Crippen LogP) is 5.22. The van der Waals surface area contributed by atoms with Crippen LogP contribution in [0.2, 0.25) is 0 Å². The van der Waals surface area contributed by atoms with Gasteiger partial charge in [-0.3, -0.25) is 0 Å². The van der Waals surface area contributed by atoms with E-state index in [1.807, 2.05) is 30.5 Å². The van der Waals surface area contributed by atoms with Crippen molar-refractivity contribution in [3.05, 3.63) is 78.1 Å². The molecular weight excluding hydrogens is 232 g/mol. The molecule has 1 heteroatoms. The molecule has 98 valence electrons. The van der Waals surface area contributed by atoms with Gasteiger partial charge in [0.25, 0.3) is 0 Å². The summed E-state index contributed by atoms with van der Waals surface area (Å²) in [4.78, 5) is 0. The molecule has 0 radical (unpaired) electrons. The molecule has 0 N–H and O–H groups in total. The van der Waals surface area contributed by atoms with E-state index in [1.54, 1.807) is 0 Å². The fourth-order valence-corrected chi connectivity index (χ4v) is 1.99. The lowest BCUT2D eigenvalue weighted by molar-refractivity contribution is 0.165. The van der Waals surface area contributed by atoms with Crippen LogP contribution < -0.4 is 0 Å². The van der Waals surface area contributed by atoms with Crippen molar-refractivity contribution in [3.8, 4) is 0 Å². The Morgan fingerprint density at radius 3 is 2.16 bits per heavy atom. The molecule has 1 atom stereocenters. The summed E-state index contributed by atoms with van der Waals surface area (Å²) in [6.07, 6.45) is 2.94. The Balaban J connectivity index is 2.08. The lowest BCUT2D eigenvalue weighted by Crippen LogP contribution is -1.95. The van der Waals surface area contributed by atoms with Crippen LogP contribution in [0.5, 0.6) is 0 Å². The Kier molecular flexibility index (Phi) is 4.79. The van der Waals surface area contributed by atoms with Gasteiger partial charge in [-0.15, -0.1) is 0 Å². The summed E-state index contributed by atoms with van der Waals surface area (Å²) in [6.45, 7) is 4.22. The molecule has 0 saturated carbocycles. The third-order valence-electron chi connectivity index (χ3n) is 3.21. The minimum atomic E-state index is 0.0754. The molecule has 0 heterocycles. The minimum absolute atomic E-state index is 0.0754. The van der Waals surface area contributed by atoms with Gasteiger partial charge in [0.05, 0.1) is 6.26 Å². The Bertz CT molecular complexity index is 514. The van der Waals surface area contributed by atoms with Gasteiger partial charge in [-0.2, -0.15) is 0 Å². The SMILES string of the molecule is CCC(=COC(C)c1ccccc1)c1ccccc1. The van der Waals surface area contributed by atoms with Gasteiger partial charge in [0.15, 0.2) is 0 Å². The van der Waals surface area contributed by atoms with Gasteiger partial charge in [-0.25, -0.2) is 0 Å². The molecule has 0 spiro atoms. The summed E-state index contributed by atoms with van der Waals surface area (Å²) in [6, 6.07) is 20.7. The largest absolute Gasteiger partial charge is 0.493 e. The molecule has 0 bridgehead atoms. The van der Waals surface area contributed by atoms with Crippen LogP contribution >= 0.6 is 0 Å². The smallest absolute Gasteiger partial charge is 0.120 e. The number of benzene rings is 2. The Hall–Kier alpha value is -2.02. The first kappa shape index (κ1) is 13.4. The van der Waals surface area contributed by atoms with Gasteiger partial charge in [-0.1, -0.05) is 67.6 Å². The van der Waals surface area contributed by atoms with Crippen molar-refractivity contribution < 1.29 is 4.74 Å². The summed E-state index contributed by atoms with van der Waals surface area (Å²) in [5.41, 5.74) is 3.65. The van der Waals surface area contributed by atoms with Crippen molar-refractivity contribution in [2.75, 3.05) is 0 Å². The monoisotopic (exact) mass is 252 g/mol. The zero-order chi connectivity index (χ0) is 13.5. The third kappa shape index (κ3) is 3.72. The number of ether oxygens (including phenoxy) is 1. The van der Waals surface area contributed by atoms with Crippen molar-refractivity contribution in [1.82, 2.24) is 0 Å². The highest BCUT2D eigenvalue weighted by molar-refractivity contribution is 5.64. The summed E-state index contributed by atoms with van der Waals surface area (Å²) >= 11 is 0. The molecule has 0 aliphatic carbocycles. The van der Waals surface area contributed by atoms with E-state index >= 15 is 0 Å². The number of hydrogen-bond acceptors (Lipinski definition) is 1. The Morgan fingerprint density at radius 2 is 1.58 bits per heavy atom. The molecular formula is C18H20O. The molecule has 0 aliphatic rings. The molecule has 0 amide bonds. The molecule has 1 nitrogen and oxygen atoms in total. The van der Waals surface area contributed by atoms with Crippen LogP contribution in [0.1, 0.15) is 37.5 Å².